The minimum Gasteiger partial charge on any atom is -0.353 e. The molecule has 7 nitrogen and oxygen atoms in total. The Morgan fingerprint density at radius 2 is 2.32 bits per heavy atom. The number of hydrogen-bond acceptors (Lipinski definition) is 4. The molecule has 1 aliphatic rings. The Kier molecular flexibility index (Phi) is 5.94. The smallest absolute Gasteiger partial charge is 0.312 e. The predicted octanol–water partition coefficient (Wildman–Crippen LogP) is -0.877. The summed E-state index contributed by atoms with van der Waals surface area (Å²) in [5.74, 6) is 0.294. The first-order chi connectivity index (χ1) is 8.97. The summed E-state index contributed by atoms with van der Waals surface area (Å²) >= 11 is 1.58. The van der Waals surface area contributed by atoms with Crippen LogP contribution in [0.4, 0.5) is 4.79 Å². The van der Waals surface area contributed by atoms with Gasteiger partial charge in [-0.15, -0.1) is 0 Å². The summed E-state index contributed by atoms with van der Waals surface area (Å²) in [7, 11) is 0. The van der Waals surface area contributed by atoms with E-state index >= 15 is 0 Å². The lowest BCUT2D eigenvalue weighted by Crippen LogP contribution is -2.60. The molecule has 4 amide bonds. The van der Waals surface area contributed by atoms with Crippen LogP contribution in [0.3, 0.4) is 0 Å². The molecule has 1 aliphatic heterocycles. The summed E-state index contributed by atoms with van der Waals surface area (Å²) < 4.78 is 0. The zero-order chi connectivity index (χ0) is 14.4. The fraction of sp³-hybridized carbons (Fsp3) is 0.727. The quantitative estimate of drug-likeness (QED) is 0.611. The summed E-state index contributed by atoms with van der Waals surface area (Å²) in [6, 6.07) is -1.92. The molecule has 0 aromatic heterocycles. The standard InChI is InChI=1S/C11H20N4O3S/c1-7-9(16)13-4-5-15(7)10(17)8(3-6-19-2)14-11(12)18/h7-8H,3-6H2,1-2H3,(H,13,16)(H3,12,14,18). The van der Waals surface area contributed by atoms with Gasteiger partial charge in [0.15, 0.2) is 0 Å². The number of thioether (sulfide) groups is 1. The van der Waals surface area contributed by atoms with Crippen molar-refractivity contribution in [1.29, 1.82) is 0 Å². The molecule has 8 heteroatoms. The molecule has 0 aromatic rings. The zero-order valence-corrected chi connectivity index (χ0v) is 12.0. The summed E-state index contributed by atoms with van der Waals surface area (Å²) in [4.78, 5) is 36.4. The number of amides is 4. The SMILES string of the molecule is CSCCC(NC(N)=O)C(=O)N1CCNC(=O)C1C. The Morgan fingerprint density at radius 3 is 2.89 bits per heavy atom. The van der Waals surface area contributed by atoms with Gasteiger partial charge in [0.25, 0.3) is 0 Å². The van der Waals surface area contributed by atoms with Crippen molar-refractivity contribution in [2.24, 2.45) is 5.73 Å². The third kappa shape index (κ3) is 4.30. The van der Waals surface area contributed by atoms with Gasteiger partial charge >= 0.3 is 6.03 Å². The van der Waals surface area contributed by atoms with Gasteiger partial charge in [0, 0.05) is 13.1 Å². The summed E-state index contributed by atoms with van der Waals surface area (Å²) in [5, 5.41) is 5.14. The number of carbonyl (C=O) groups is 3. The van der Waals surface area contributed by atoms with E-state index in [4.69, 9.17) is 5.73 Å². The van der Waals surface area contributed by atoms with Crippen LogP contribution in [-0.4, -0.2) is 59.9 Å². The summed E-state index contributed by atoms with van der Waals surface area (Å²) in [6.07, 6.45) is 2.41. The van der Waals surface area contributed by atoms with E-state index in [1.54, 1.807) is 18.7 Å². The molecule has 2 unspecified atom stereocenters. The molecule has 0 radical (unpaired) electrons. The van der Waals surface area contributed by atoms with Gasteiger partial charge in [-0.2, -0.15) is 11.8 Å². The first kappa shape index (κ1) is 15.6. The predicted molar refractivity (Wildman–Crippen MR) is 73.7 cm³/mol. The molecule has 0 aromatic carbocycles. The number of carbonyl (C=O) groups excluding carboxylic acids is 3. The Morgan fingerprint density at radius 1 is 1.63 bits per heavy atom. The van der Waals surface area contributed by atoms with Crippen molar-refractivity contribution in [2.45, 2.75) is 25.4 Å². The molecule has 0 bridgehead atoms. The zero-order valence-electron chi connectivity index (χ0n) is 11.1. The number of urea groups is 1. The molecular weight excluding hydrogens is 268 g/mol. The van der Waals surface area contributed by atoms with Gasteiger partial charge in [-0.05, 0) is 25.4 Å². The average Bonchev–Trinajstić information content (AvgIpc) is 2.36. The van der Waals surface area contributed by atoms with Crippen LogP contribution in [0, 0.1) is 0 Å². The lowest BCUT2D eigenvalue weighted by molar-refractivity contribution is -0.143. The normalized spacial score (nSPS) is 20.6. The van der Waals surface area contributed by atoms with Crippen molar-refractivity contribution in [3.8, 4) is 0 Å². The van der Waals surface area contributed by atoms with Crippen LogP contribution in [-0.2, 0) is 9.59 Å². The van der Waals surface area contributed by atoms with E-state index in [0.29, 0.717) is 19.5 Å². The number of nitrogens with one attached hydrogen (secondary N) is 2. The van der Waals surface area contributed by atoms with E-state index in [-0.39, 0.29) is 11.8 Å². The van der Waals surface area contributed by atoms with Crippen molar-refractivity contribution in [3.63, 3.8) is 0 Å². The molecular formula is C11H20N4O3S. The maximum absolute atomic E-state index is 12.4. The van der Waals surface area contributed by atoms with Gasteiger partial charge in [-0.25, -0.2) is 4.79 Å². The molecule has 108 valence electrons. The number of nitrogens with two attached hydrogens (primary N) is 1. The largest absolute Gasteiger partial charge is 0.353 e. The topological polar surface area (TPSA) is 105 Å². The average molecular weight is 288 g/mol. The Hall–Kier alpha value is -1.44. The highest BCUT2D eigenvalue weighted by molar-refractivity contribution is 7.98. The van der Waals surface area contributed by atoms with E-state index in [2.05, 4.69) is 10.6 Å². The Labute approximate surface area is 116 Å². The fourth-order valence-electron chi connectivity index (χ4n) is 1.95. The van der Waals surface area contributed by atoms with E-state index in [9.17, 15) is 14.4 Å². The lowest BCUT2D eigenvalue weighted by Gasteiger charge is -2.35. The van der Waals surface area contributed by atoms with Crippen LogP contribution in [0.5, 0.6) is 0 Å². The summed E-state index contributed by atoms with van der Waals surface area (Å²) in [6.45, 7) is 2.55. The van der Waals surface area contributed by atoms with Crippen LogP contribution in [0.25, 0.3) is 0 Å². The molecule has 0 aliphatic carbocycles. The number of hydrogen-bond donors (Lipinski definition) is 3. The first-order valence-electron chi connectivity index (χ1n) is 6.10. The Bertz CT molecular complexity index is 364. The number of primary amides is 1. The van der Waals surface area contributed by atoms with Crippen LogP contribution in [0.1, 0.15) is 13.3 Å². The molecule has 4 N–H and O–H groups in total. The molecule has 1 rings (SSSR count). The van der Waals surface area contributed by atoms with Crippen molar-refractivity contribution < 1.29 is 14.4 Å². The monoisotopic (exact) mass is 288 g/mol. The van der Waals surface area contributed by atoms with Gasteiger partial charge in [-0.3, -0.25) is 9.59 Å². The van der Waals surface area contributed by atoms with Crippen LogP contribution in [0.2, 0.25) is 0 Å². The Balaban J connectivity index is 2.73. The van der Waals surface area contributed by atoms with Gasteiger partial charge in [-0.1, -0.05) is 0 Å². The fourth-order valence-corrected chi connectivity index (χ4v) is 2.42. The third-order valence-electron chi connectivity index (χ3n) is 3.01. The van der Waals surface area contributed by atoms with Gasteiger partial charge in [0.1, 0.15) is 12.1 Å². The maximum atomic E-state index is 12.4. The second-order valence-corrected chi connectivity index (χ2v) is 5.33. The lowest BCUT2D eigenvalue weighted by atomic mass is 10.1. The molecule has 2 atom stereocenters. The van der Waals surface area contributed by atoms with Crippen molar-refractivity contribution in [1.82, 2.24) is 15.5 Å². The highest BCUT2D eigenvalue weighted by Gasteiger charge is 2.33. The number of rotatable bonds is 5. The van der Waals surface area contributed by atoms with Crippen LogP contribution >= 0.6 is 11.8 Å². The molecule has 0 spiro atoms. The third-order valence-corrected chi connectivity index (χ3v) is 3.65. The molecule has 19 heavy (non-hydrogen) atoms. The molecule has 1 saturated heterocycles. The summed E-state index contributed by atoms with van der Waals surface area (Å²) in [5.41, 5.74) is 5.09. The van der Waals surface area contributed by atoms with Crippen LogP contribution in [0.15, 0.2) is 0 Å². The van der Waals surface area contributed by atoms with E-state index < -0.39 is 18.1 Å². The van der Waals surface area contributed by atoms with E-state index in [1.807, 2.05) is 6.26 Å². The van der Waals surface area contributed by atoms with Gasteiger partial charge in [0.2, 0.25) is 11.8 Å². The van der Waals surface area contributed by atoms with Crippen molar-refractivity contribution in [2.75, 3.05) is 25.1 Å². The highest BCUT2D eigenvalue weighted by atomic mass is 32.2. The van der Waals surface area contributed by atoms with E-state index in [1.165, 1.54) is 4.90 Å². The van der Waals surface area contributed by atoms with Crippen molar-refractivity contribution >= 4 is 29.6 Å². The van der Waals surface area contributed by atoms with E-state index in [0.717, 1.165) is 5.75 Å². The second kappa shape index (κ2) is 7.22. The first-order valence-corrected chi connectivity index (χ1v) is 7.50. The molecule has 0 saturated carbocycles. The van der Waals surface area contributed by atoms with Gasteiger partial charge < -0.3 is 21.3 Å². The minimum atomic E-state index is -0.728. The van der Waals surface area contributed by atoms with Crippen LogP contribution < -0.4 is 16.4 Å². The molecule has 1 heterocycles. The van der Waals surface area contributed by atoms with Gasteiger partial charge in [0.05, 0.1) is 0 Å². The minimum absolute atomic E-state index is 0.178. The highest BCUT2D eigenvalue weighted by Crippen LogP contribution is 2.10. The van der Waals surface area contributed by atoms with Crippen molar-refractivity contribution in [3.05, 3.63) is 0 Å². The second-order valence-electron chi connectivity index (χ2n) is 4.34. The maximum Gasteiger partial charge on any atom is 0.312 e. The molecule has 1 fully saturated rings. The number of nitrogens with zero attached hydrogens (tertiary/aromatic N) is 1. The number of piperazine rings is 1.